The van der Waals surface area contributed by atoms with Gasteiger partial charge in [-0.05, 0) is 18.8 Å². The van der Waals surface area contributed by atoms with Crippen LogP contribution in [0, 0.1) is 11.3 Å². The van der Waals surface area contributed by atoms with E-state index in [-0.39, 0.29) is 5.92 Å². The number of benzene rings is 1. The molecule has 0 saturated heterocycles. The van der Waals surface area contributed by atoms with E-state index < -0.39 is 25.4 Å². The molecule has 1 saturated carbocycles. The lowest BCUT2D eigenvalue weighted by Crippen LogP contribution is -2.40. The van der Waals surface area contributed by atoms with E-state index in [2.05, 4.69) is 37.8 Å². The Hall–Kier alpha value is -1.88. The van der Waals surface area contributed by atoms with Crippen LogP contribution in [0.15, 0.2) is 41.6 Å². The standard InChI is InChI=1S/C19H26O4Si/c1-14-11-19(17(20)22-2,18(21)23-3)12-15(14)13-24(4,5)16-9-7-6-8-10-16/h6-10,13-14H,11-12H2,1-5H3/b15-13+. The van der Waals surface area contributed by atoms with Gasteiger partial charge in [0.1, 0.15) is 8.07 Å². The summed E-state index contributed by atoms with van der Waals surface area (Å²) in [5.41, 5.74) is 2.28. The van der Waals surface area contributed by atoms with E-state index in [4.69, 9.17) is 9.47 Å². The van der Waals surface area contributed by atoms with E-state index >= 15 is 0 Å². The van der Waals surface area contributed by atoms with E-state index in [0.717, 1.165) is 5.57 Å². The maximum atomic E-state index is 12.3. The second-order valence-corrected chi connectivity index (χ2v) is 11.5. The van der Waals surface area contributed by atoms with Gasteiger partial charge in [-0.3, -0.25) is 9.59 Å². The van der Waals surface area contributed by atoms with Crippen LogP contribution < -0.4 is 5.19 Å². The van der Waals surface area contributed by atoms with Crippen LogP contribution in [0.3, 0.4) is 0 Å². The second-order valence-electron chi connectivity index (χ2n) is 7.15. The van der Waals surface area contributed by atoms with E-state index in [1.807, 2.05) is 18.2 Å². The summed E-state index contributed by atoms with van der Waals surface area (Å²) < 4.78 is 9.83. The Bertz CT molecular complexity index is 633. The van der Waals surface area contributed by atoms with Crippen LogP contribution in [-0.2, 0) is 19.1 Å². The number of ether oxygens (including phenoxy) is 2. The van der Waals surface area contributed by atoms with Crippen molar-refractivity contribution < 1.29 is 19.1 Å². The van der Waals surface area contributed by atoms with Gasteiger partial charge in [-0.1, -0.05) is 66.8 Å². The van der Waals surface area contributed by atoms with Crippen LogP contribution >= 0.6 is 0 Å². The molecule has 0 amide bonds. The van der Waals surface area contributed by atoms with Gasteiger partial charge in [0.15, 0.2) is 5.41 Å². The Kier molecular flexibility index (Phi) is 5.33. The van der Waals surface area contributed by atoms with Crippen molar-refractivity contribution in [2.75, 3.05) is 14.2 Å². The summed E-state index contributed by atoms with van der Waals surface area (Å²) in [6.07, 6.45) is 0.828. The summed E-state index contributed by atoms with van der Waals surface area (Å²) in [4.78, 5) is 24.6. The molecule has 1 unspecified atom stereocenters. The number of hydrogen-bond acceptors (Lipinski definition) is 4. The van der Waals surface area contributed by atoms with Crippen LogP contribution in [0.4, 0.5) is 0 Å². The molecule has 0 bridgehead atoms. The zero-order chi connectivity index (χ0) is 18.0. The average Bonchev–Trinajstić information content (AvgIpc) is 2.91. The molecule has 1 atom stereocenters. The third-order valence-electron chi connectivity index (χ3n) is 5.01. The molecule has 130 valence electrons. The normalized spacial score (nSPS) is 21.5. The summed E-state index contributed by atoms with van der Waals surface area (Å²) >= 11 is 0. The quantitative estimate of drug-likeness (QED) is 0.478. The van der Waals surface area contributed by atoms with Crippen molar-refractivity contribution in [3.63, 3.8) is 0 Å². The molecular weight excluding hydrogens is 320 g/mol. The minimum atomic E-state index is -1.80. The molecule has 1 aliphatic carbocycles. The van der Waals surface area contributed by atoms with Crippen LogP contribution in [0.25, 0.3) is 0 Å². The average molecular weight is 346 g/mol. The Morgan fingerprint density at radius 2 is 1.67 bits per heavy atom. The number of hydrogen-bond donors (Lipinski definition) is 0. The van der Waals surface area contributed by atoms with Crippen molar-refractivity contribution in [2.24, 2.45) is 11.3 Å². The van der Waals surface area contributed by atoms with Gasteiger partial charge in [-0.25, -0.2) is 0 Å². The molecule has 0 aromatic heterocycles. The first kappa shape index (κ1) is 18.5. The molecule has 0 radical (unpaired) electrons. The fraction of sp³-hybridized carbons (Fsp3) is 0.474. The van der Waals surface area contributed by atoms with Gasteiger partial charge in [0.25, 0.3) is 0 Å². The molecule has 5 heteroatoms. The maximum absolute atomic E-state index is 12.3. The molecule has 24 heavy (non-hydrogen) atoms. The monoisotopic (exact) mass is 346 g/mol. The Morgan fingerprint density at radius 1 is 1.12 bits per heavy atom. The number of carbonyl (C=O) groups is 2. The summed E-state index contributed by atoms with van der Waals surface area (Å²) in [6, 6.07) is 10.4. The third-order valence-corrected chi connectivity index (χ3v) is 7.92. The van der Waals surface area contributed by atoms with Crippen LogP contribution in [0.5, 0.6) is 0 Å². The zero-order valence-corrected chi connectivity index (χ0v) is 16.1. The minimum absolute atomic E-state index is 0.152. The highest BCUT2D eigenvalue weighted by Crippen LogP contribution is 2.47. The first-order valence-corrected chi connectivity index (χ1v) is 11.3. The molecule has 4 nitrogen and oxygen atoms in total. The summed E-state index contributed by atoms with van der Waals surface area (Å²) in [5.74, 6) is -0.841. The highest BCUT2D eigenvalue weighted by Gasteiger charge is 2.54. The first-order chi connectivity index (χ1) is 11.3. The van der Waals surface area contributed by atoms with E-state index in [1.54, 1.807) is 0 Å². The molecule has 2 rings (SSSR count). The van der Waals surface area contributed by atoms with Gasteiger partial charge < -0.3 is 9.47 Å². The van der Waals surface area contributed by atoms with E-state index in [1.165, 1.54) is 19.4 Å². The number of allylic oxidation sites excluding steroid dienone is 1. The molecule has 1 aliphatic rings. The lowest BCUT2D eigenvalue weighted by atomic mass is 9.85. The smallest absolute Gasteiger partial charge is 0.323 e. The number of methoxy groups -OCH3 is 2. The van der Waals surface area contributed by atoms with Crippen LogP contribution in [0.2, 0.25) is 13.1 Å². The third kappa shape index (κ3) is 3.31. The van der Waals surface area contributed by atoms with Gasteiger partial charge in [0, 0.05) is 0 Å². The van der Waals surface area contributed by atoms with E-state index in [0.29, 0.717) is 12.8 Å². The van der Waals surface area contributed by atoms with E-state index in [9.17, 15) is 9.59 Å². The summed E-state index contributed by atoms with van der Waals surface area (Å²) in [6.45, 7) is 6.62. The fourth-order valence-electron chi connectivity index (χ4n) is 3.64. The van der Waals surface area contributed by atoms with Gasteiger partial charge >= 0.3 is 11.9 Å². The second kappa shape index (κ2) is 6.93. The predicted molar refractivity (Wildman–Crippen MR) is 96.5 cm³/mol. The zero-order valence-electron chi connectivity index (χ0n) is 15.1. The number of rotatable bonds is 4. The lowest BCUT2D eigenvalue weighted by Gasteiger charge is -2.23. The summed E-state index contributed by atoms with van der Waals surface area (Å²) in [5, 5.41) is 1.33. The fourth-order valence-corrected chi connectivity index (χ4v) is 6.17. The van der Waals surface area contributed by atoms with Crippen LogP contribution in [0.1, 0.15) is 19.8 Å². The summed E-state index contributed by atoms with van der Waals surface area (Å²) in [7, 11) is 0.838. The van der Waals surface area contributed by atoms with Crippen molar-refractivity contribution >= 4 is 25.2 Å². The SMILES string of the molecule is COC(=O)C1(C(=O)OC)C/C(=C\[Si](C)(C)c2ccccc2)C(C)C1. The predicted octanol–water partition coefficient (Wildman–Crippen LogP) is 2.83. The molecule has 0 aliphatic heterocycles. The molecule has 0 N–H and O–H groups in total. The maximum Gasteiger partial charge on any atom is 0.323 e. The Morgan fingerprint density at radius 3 is 2.17 bits per heavy atom. The van der Waals surface area contributed by atoms with Crippen LogP contribution in [-0.4, -0.2) is 34.2 Å². The Labute approximate surface area is 144 Å². The van der Waals surface area contributed by atoms with Crippen molar-refractivity contribution in [2.45, 2.75) is 32.9 Å². The number of carbonyl (C=O) groups excluding carboxylic acids is 2. The lowest BCUT2D eigenvalue weighted by molar-refractivity contribution is -0.168. The van der Waals surface area contributed by atoms with Gasteiger partial charge in [-0.15, -0.1) is 0 Å². The Balaban J connectivity index is 2.39. The minimum Gasteiger partial charge on any atom is -0.468 e. The molecule has 1 aromatic rings. The van der Waals surface area contributed by atoms with Crippen molar-refractivity contribution in [3.05, 3.63) is 41.6 Å². The molecule has 0 spiro atoms. The van der Waals surface area contributed by atoms with Gasteiger partial charge in [-0.2, -0.15) is 0 Å². The molecular formula is C19H26O4Si. The number of esters is 2. The van der Waals surface area contributed by atoms with Crippen molar-refractivity contribution in [1.29, 1.82) is 0 Å². The topological polar surface area (TPSA) is 52.6 Å². The largest absolute Gasteiger partial charge is 0.468 e. The molecule has 0 heterocycles. The molecule has 1 fully saturated rings. The van der Waals surface area contributed by atoms with Gasteiger partial charge in [0.2, 0.25) is 0 Å². The highest BCUT2D eigenvalue weighted by molar-refractivity contribution is 6.94. The van der Waals surface area contributed by atoms with Gasteiger partial charge in [0.05, 0.1) is 14.2 Å². The molecule has 1 aromatic carbocycles. The first-order valence-electron chi connectivity index (χ1n) is 8.21. The van der Waals surface area contributed by atoms with Crippen molar-refractivity contribution in [3.8, 4) is 0 Å². The van der Waals surface area contributed by atoms with Crippen molar-refractivity contribution in [1.82, 2.24) is 0 Å². The highest BCUT2D eigenvalue weighted by atomic mass is 28.3.